The van der Waals surface area contributed by atoms with E-state index < -0.39 is 22.0 Å². The van der Waals surface area contributed by atoms with Gasteiger partial charge in [0.1, 0.15) is 19.0 Å². The van der Waals surface area contributed by atoms with E-state index in [1.807, 2.05) is 38.1 Å². The smallest absolute Gasteiger partial charge is 0.264 e. The van der Waals surface area contributed by atoms with Crippen molar-refractivity contribution in [1.29, 1.82) is 0 Å². The highest BCUT2D eigenvalue weighted by Gasteiger charge is 2.38. The van der Waals surface area contributed by atoms with E-state index in [0.29, 0.717) is 36.1 Å². The van der Waals surface area contributed by atoms with E-state index in [4.69, 9.17) is 14.2 Å². The first-order valence-electron chi connectivity index (χ1n) is 11.4. The van der Waals surface area contributed by atoms with Gasteiger partial charge in [0.25, 0.3) is 15.9 Å². The topological polar surface area (TPSA) is 94.2 Å². The standard InChI is InChI=1S/C26H26N2O6S/c1-17-8-10-21-23(14-17)34-25(16-28(21)35(30,31)20-6-4-3-5-7-20)26(29)27-18(2)19-9-11-22-24(15-19)33-13-12-32-22/h3-11,14-15,18,25H,12-13,16H2,1-2H3,(H,27,29). The lowest BCUT2D eigenvalue weighted by atomic mass is 10.1. The van der Waals surface area contributed by atoms with Gasteiger partial charge in [0.05, 0.1) is 23.2 Å². The van der Waals surface area contributed by atoms with Gasteiger partial charge >= 0.3 is 0 Å². The number of carbonyl (C=O) groups excluding carboxylic acids is 1. The van der Waals surface area contributed by atoms with Gasteiger partial charge in [0.15, 0.2) is 17.6 Å². The number of nitrogens with zero attached hydrogens (tertiary/aromatic N) is 1. The molecular weight excluding hydrogens is 468 g/mol. The van der Waals surface area contributed by atoms with Gasteiger partial charge < -0.3 is 19.5 Å². The Balaban J connectivity index is 1.40. The largest absolute Gasteiger partial charge is 0.486 e. The van der Waals surface area contributed by atoms with Crippen molar-refractivity contribution in [3.05, 3.63) is 77.9 Å². The van der Waals surface area contributed by atoms with Gasteiger partial charge in [-0.15, -0.1) is 0 Å². The molecule has 35 heavy (non-hydrogen) atoms. The Morgan fingerprint density at radius 1 is 0.971 bits per heavy atom. The zero-order valence-corrected chi connectivity index (χ0v) is 20.2. The predicted octanol–water partition coefficient (Wildman–Crippen LogP) is 3.60. The van der Waals surface area contributed by atoms with Crippen LogP contribution in [0.2, 0.25) is 0 Å². The van der Waals surface area contributed by atoms with Crippen molar-refractivity contribution < 1.29 is 27.4 Å². The average Bonchev–Trinajstić information content (AvgIpc) is 2.87. The van der Waals surface area contributed by atoms with Gasteiger partial charge in [-0.3, -0.25) is 9.10 Å². The molecule has 5 rings (SSSR count). The molecule has 0 bridgehead atoms. The lowest BCUT2D eigenvalue weighted by Gasteiger charge is -2.35. The van der Waals surface area contributed by atoms with Crippen molar-refractivity contribution in [3.63, 3.8) is 0 Å². The van der Waals surface area contributed by atoms with Crippen molar-refractivity contribution in [1.82, 2.24) is 5.32 Å². The van der Waals surface area contributed by atoms with Crippen LogP contribution in [0.5, 0.6) is 17.2 Å². The number of hydrogen-bond donors (Lipinski definition) is 1. The summed E-state index contributed by atoms with van der Waals surface area (Å²) in [6.07, 6.45) is -1.03. The Hall–Kier alpha value is -3.72. The highest BCUT2D eigenvalue weighted by Crippen LogP contribution is 2.38. The molecule has 2 aliphatic rings. The number of carbonyl (C=O) groups is 1. The van der Waals surface area contributed by atoms with E-state index >= 15 is 0 Å². The quantitative estimate of drug-likeness (QED) is 0.583. The minimum Gasteiger partial charge on any atom is -0.486 e. The van der Waals surface area contributed by atoms with Crippen LogP contribution in [0, 0.1) is 6.92 Å². The van der Waals surface area contributed by atoms with Crippen LogP contribution < -0.4 is 23.8 Å². The SMILES string of the molecule is Cc1ccc2c(c1)OC(C(=O)NC(C)c1ccc3c(c1)OCCO3)CN2S(=O)(=O)c1ccccc1. The van der Waals surface area contributed by atoms with Crippen LogP contribution in [-0.4, -0.2) is 40.2 Å². The molecule has 1 amide bonds. The number of hydrogen-bond acceptors (Lipinski definition) is 6. The number of nitrogens with one attached hydrogen (secondary N) is 1. The molecule has 2 atom stereocenters. The molecule has 2 aliphatic heterocycles. The van der Waals surface area contributed by atoms with Crippen LogP contribution in [0.15, 0.2) is 71.6 Å². The molecule has 0 aromatic heterocycles. The molecule has 0 saturated carbocycles. The van der Waals surface area contributed by atoms with Crippen molar-refractivity contribution in [2.45, 2.75) is 30.9 Å². The summed E-state index contributed by atoms with van der Waals surface area (Å²) in [5.41, 5.74) is 2.14. The van der Waals surface area contributed by atoms with Crippen LogP contribution in [0.3, 0.4) is 0 Å². The van der Waals surface area contributed by atoms with E-state index in [1.165, 1.54) is 16.4 Å². The van der Waals surface area contributed by atoms with Gasteiger partial charge in [-0.25, -0.2) is 8.42 Å². The van der Waals surface area contributed by atoms with E-state index in [9.17, 15) is 13.2 Å². The maximum Gasteiger partial charge on any atom is 0.264 e. The minimum atomic E-state index is -3.90. The minimum absolute atomic E-state index is 0.146. The normalized spacial score (nSPS) is 17.7. The number of rotatable bonds is 5. The van der Waals surface area contributed by atoms with Gasteiger partial charge in [0, 0.05) is 0 Å². The molecule has 2 heterocycles. The molecule has 0 radical (unpaired) electrons. The summed E-state index contributed by atoms with van der Waals surface area (Å²) in [6, 6.07) is 18.6. The summed E-state index contributed by atoms with van der Waals surface area (Å²) in [4.78, 5) is 13.4. The summed E-state index contributed by atoms with van der Waals surface area (Å²) in [5, 5.41) is 2.95. The van der Waals surface area contributed by atoms with Crippen molar-refractivity contribution in [2.24, 2.45) is 0 Å². The summed E-state index contributed by atoms with van der Waals surface area (Å²) >= 11 is 0. The fraction of sp³-hybridized carbons (Fsp3) is 0.269. The summed E-state index contributed by atoms with van der Waals surface area (Å²) in [5.74, 6) is 1.24. The van der Waals surface area contributed by atoms with E-state index in [-0.39, 0.29) is 17.5 Å². The third-order valence-electron chi connectivity index (χ3n) is 6.03. The van der Waals surface area contributed by atoms with Crippen LogP contribution >= 0.6 is 0 Å². The number of sulfonamides is 1. The Bertz CT molecular complexity index is 1360. The molecule has 9 heteroatoms. The van der Waals surface area contributed by atoms with Gasteiger partial charge in [0.2, 0.25) is 0 Å². The molecular formula is C26H26N2O6S. The first-order chi connectivity index (χ1) is 16.8. The third-order valence-corrected chi connectivity index (χ3v) is 7.83. The Kier molecular flexibility index (Phi) is 6.02. The monoisotopic (exact) mass is 494 g/mol. The number of anilines is 1. The van der Waals surface area contributed by atoms with Crippen LogP contribution in [-0.2, 0) is 14.8 Å². The third kappa shape index (κ3) is 4.51. The first kappa shape index (κ1) is 23.0. The van der Waals surface area contributed by atoms with Crippen LogP contribution in [0.4, 0.5) is 5.69 Å². The van der Waals surface area contributed by atoms with Gasteiger partial charge in [-0.2, -0.15) is 0 Å². The van der Waals surface area contributed by atoms with E-state index in [2.05, 4.69) is 5.32 Å². The molecule has 1 N–H and O–H groups in total. The first-order valence-corrected chi connectivity index (χ1v) is 12.8. The van der Waals surface area contributed by atoms with Crippen molar-refractivity contribution >= 4 is 21.6 Å². The van der Waals surface area contributed by atoms with Crippen molar-refractivity contribution in [2.75, 3.05) is 24.1 Å². The Labute approximate surface area is 204 Å². The van der Waals surface area contributed by atoms with Crippen LogP contribution in [0.25, 0.3) is 0 Å². The van der Waals surface area contributed by atoms with Crippen LogP contribution in [0.1, 0.15) is 24.1 Å². The highest BCUT2D eigenvalue weighted by atomic mass is 32.2. The van der Waals surface area contributed by atoms with E-state index in [0.717, 1.165) is 11.1 Å². The number of fused-ring (bicyclic) bond motifs is 2. The summed E-state index contributed by atoms with van der Waals surface area (Å²) < 4.78 is 45.4. The zero-order chi connectivity index (χ0) is 24.6. The molecule has 0 fully saturated rings. The highest BCUT2D eigenvalue weighted by molar-refractivity contribution is 7.92. The van der Waals surface area contributed by atoms with E-state index in [1.54, 1.807) is 30.3 Å². The number of amides is 1. The lowest BCUT2D eigenvalue weighted by molar-refractivity contribution is -0.128. The Morgan fingerprint density at radius 2 is 1.71 bits per heavy atom. The lowest BCUT2D eigenvalue weighted by Crippen LogP contribution is -2.51. The second-order valence-electron chi connectivity index (χ2n) is 8.56. The molecule has 3 aromatic rings. The molecule has 182 valence electrons. The summed E-state index contributed by atoms with van der Waals surface area (Å²) in [7, 11) is -3.90. The maximum atomic E-state index is 13.5. The second kappa shape index (κ2) is 9.14. The molecule has 3 aromatic carbocycles. The number of ether oxygens (including phenoxy) is 3. The fourth-order valence-corrected chi connectivity index (χ4v) is 5.66. The zero-order valence-electron chi connectivity index (χ0n) is 19.4. The van der Waals surface area contributed by atoms with Crippen molar-refractivity contribution in [3.8, 4) is 17.2 Å². The average molecular weight is 495 g/mol. The molecule has 2 unspecified atom stereocenters. The summed E-state index contributed by atoms with van der Waals surface area (Å²) in [6.45, 7) is 4.56. The molecule has 0 spiro atoms. The number of aryl methyl sites for hydroxylation is 1. The maximum absolute atomic E-state index is 13.5. The van der Waals surface area contributed by atoms with Gasteiger partial charge in [-0.05, 0) is 61.4 Å². The molecule has 8 nitrogen and oxygen atoms in total. The van der Waals surface area contributed by atoms with Gasteiger partial charge in [-0.1, -0.05) is 30.3 Å². The predicted molar refractivity (Wildman–Crippen MR) is 131 cm³/mol. The second-order valence-corrected chi connectivity index (χ2v) is 10.4. The fourth-order valence-electron chi connectivity index (χ4n) is 4.16. The Morgan fingerprint density at radius 3 is 2.49 bits per heavy atom. The number of benzene rings is 3. The molecule has 0 saturated heterocycles. The molecule has 0 aliphatic carbocycles.